The second kappa shape index (κ2) is 5.53. The standard InChI is InChI=1S/C16H17N5O/c1-3-4-12-14-13(10-5-7-19-8-6-10)11(9-17)15(18)22-16(14)21(2)20-12/h5-8,13H,3-4,18H2,1-2H3/t13-/m1/s1. The Balaban J connectivity index is 2.25. The first-order chi connectivity index (χ1) is 10.7. The maximum absolute atomic E-state index is 9.54. The molecule has 2 N–H and O–H groups in total. The van der Waals surface area contributed by atoms with Crippen molar-refractivity contribution >= 4 is 0 Å². The van der Waals surface area contributed by atoms with Gasteiger partial charge in [0.05, 0.1) is 17.2 Å². The zero-order chi connectivity index (χ0) is 15.7. The summed E-state index contributed by atoms with van der Waals surface area (Å²) in [5.74, 6) is 0.497. The molecule has 0 saturated carbocycles. The molecule has 0 unspecified atom stereocenters. The van der Waals surface area contributed by atoms with Crippen molar-refractivity contribution in [3.8, 4) is 11.9 Å². The van der Waals surface area contributed by atoms with Gasteiger partial charge in [-0.1, -0.05) is 13.3 Å². The van der Waals surface area contributed by atoms with Crippen LogP contribution < -0.4 is 10.5 Å². The van der Waals surface area contributed by atoms with Crippen LogP contribution in [0.4, 0.5) is 0 Å². The van der Waals surface area contributed by atoms with Crippen LogP contribution in [-0.2, 0) is 13.5 Å². The Hall–Kier alpha value is -2.81. The van der Waals surface area contributed by atoms with E-state index in [-0.39, 0.29) is 11.8 Å². The minimum atomic E-state index is -0.257. The highest BCUT2D eigenvalue weighted by atomic mass is 16.5. The van der Waals surface area contributed by atoms with E-state index in [1.54, 1.807) is 17.1 Å². The molecule has 3 rings (SSSR count). The molecular formula is C16H17N5O. The summed E-state index contributed by atoms with van der Waals surface area (Å²) in [5.41, 5.74) is 9.22. The van der Waals surface area contributed by atoms with Gasteiger partial charge in [-0.15, -0.1) is 0 Å². The largest absolute Gasteiger partial charge is 0.422 e. The third-order valence-corrected chi connectivity index (χ3v) is 3.80. The molecule has 0 saturated heterocycles. The molecule has 3 heterocycles. The summed E-state index contributed by atoms with van der Waals surface area (Å²) in [5, 5.41) is 14.1. The first-order valence-electron chi connectivity index (χ1n) is 7.20. The van der Waals surface area contributed by atoms with E-state index in [1.165, 1.54) is 0 Å². The second-order valence-electron chi connectivity index (χ2n) is 5.24. The highest BCUT2D eigenvalue weighted by molar-refractivity contribution is 5.55. The van der Waals surface area contributed by atoms with Gasteiger partial charge < -0.3 is 10.5 Å². The van der Waals surface area contributed by atoms with Gasteiger partial charge in [0.2, 0.25) is 11.8 Å². The Morgan fingerprint density at radius 2 is 2.14 bits per heavy atom. The lowest BCUT2D eigenvalue weighted by molar-refractivity contribution is 0.358. The summed E-state index contributed by atoms with van der Waals surface area (Å²) in [6, 6.07) is 5.99. The fourth-order valence-electron chi connectivity index (χ4n) is 2.87. The van der Waals surface area contributed by atoms with E-state index in [4.69, 9.17) is 10.5 Å². The van der Waals surface area contributed by atoms with Gasteiger partial charge in [0, 0.05) is 19.4 Å². The Bertz CT molecular complexity index is 770. The monoisotopic (exact) mass is 295 g/mol. The second-order valence-corrected chi connectivity index (χ2v) is 5.24. The molecule has 1 atom stereocenters. The van der Waals surface area contributed by atoms with Crippen molar-refractivity contribution in [2.24, 2.45) is 12.8 Å². The van der Waals surface area contributed by atoms with Crippen LogP contribution in [0.2, 0.25) is 0 Å². The van der Waals surface area contributed by atoms with E-state index in [1.807, 2.05) is 19.2 Å². The molecule has 6 nitrogen and oxygen atoms in total. The zero-order valence-electron chi connectivity index (χ0n) is 12.6. The van der Waals surface area contributed by atoms with Crippen LogP contribution in [0.15, 0.2) is 36.0 Å². The average molecular weight is 295 g/mol. The van der Waals surface area contributed by atoms with Gasteiger partial charge in [0.25, 0.3) is 0 Å². The van der Waals surface area contributed by atoms with Gasteiger partial charge in [-0.25, -0.2) is 4.68 Å². The van der Waals surface area contributed by atoms with Crippen LogP contribution in [-0.4, -0.2) is 14.8 Å². The highest BCUT2D eigenvalue weighted by Crippen LogP contribution is 2.43. The van der Waals surface area contributed by atoms with E-state index in [2.05, 4.69) is 23.1 Å². The van der Waals surface area contributed by atoms with E-state index >= 15 is 0 Å². The van der Waals surface area contributed by atoms with E-state index < -0.39 is 0 Å². The fourth-order valence-corrected chi connectivity index (χ4v) is 2.87. The van der Waals surface area contributed by atoms with Gasteiger partial charge in [-0.2, -0.15) is 10.4 Å². The number of rotatable bonds is 3. The van der Waals surface area contributed by atoms with Crippen LogP contribution >= 0.6 is 0 Å². The number of pyridine rings is 1. The molecule has 0 bridgehead atoms. The van der Waals surface area contributed by atoms with Gasteiger partial charge in [-0.3, -0.25) is 4.98 Å². The molecule has 0 spiro atoms. The molecule has 0 fully saturated rings. The SMILES string of the molecule is CCCc1nn(C)c2c1[C@H](c1ccncc1)C(C#N)=C(N)O2. The molecule has 1 aliphatic rings. The van der Waals surface area contributed by atoms with Crippen molar-refractivity contribution in [2.45, 2.75) is 25.7 Å². The lowest BCUT2D eigenvalue weighted by atomic mass is 9.84. The maximum Gasteiger partial charge on any atom is 0.224 e. The van der Waals surface area contributed by atoms with Crippen LogP contribution in [0, 0.1) is 11.3 Å². The number of nitriles is 1. The molecule has 22 heavy (non-hydrogen) atoms. The lowest BCUT2D eigenvalue weighted by Gasteiger charge is -2.24. The number of nitrogens with zero attached hydrogens (tertiary/aromatic N) is 4. The van der Waals surface area contributed by atoms with E-state index in [0.29, 0.717) is 11.5 Å². The summed E-state index contributed by atoms with van der Waals surface area (Å²) in [7, 11) is 1.83. The normalized spacial score (nSPS) is 16.9. The van der Waals surface area contributed by atoms with Crippen molar-refractivity contribution in [2.75, 3.05) is 0 Å². The number of hydrogen-bond acceptors (Lipinski definition) is 5. The van der Waals surface area contributed by atoms with Crippen molar-refractivity contribution in [3.05, 3.63) is 52.8 Å². The summed E-state index contributed by atoms with van der Waals surface area (Å²) in [4.78, 5) is 4.05. The molecule has 6 heteroatoms. The van der Waals surface area contributed by atoms with Crippen molar-refractivity contribution < 1.29 is 4.74 Å². The smallest absolute Gasteiger partial charge is 0.224 e. The number of ether oxygens (including phenoxy) is 1. The first kappa shape index (κ1) is 14.1. The molecule has 112 valence electrons. The quantitative estimate of drug-likeness (QED) is 0.935. The molecule has 2 aromatic heterocycles. The minimum absolute atomic E-state index is 0.142. The van der Waals surface area contributed by atoms with Crippen molar-refractivity contribution in [1.29, 1.82) is 5.26 Å². The first-order valence-corrected chi connectivity index (χ1v) is 7.20. The molecular weight excluding hydrogens is 278 g/mol. The molecule has 0 radical (unpaired) electrons. The molecule has 1 aliphatic heterocycles. The third-order valence-electron chi connectivity index (χ3n) is 3.80. The summed E-state index contributed by atoms with van der Waals surface area (Å²) in [6.07, 6.45) is 5.22. The van der Waals surface area contributed by atoms with Gasteiger partial charge in [0.1, 0.15) is 11.6 Å². The van der Waals surface area contributed by atoms with Crippen LogP contribution in [0.1, 0.15) is 36.1 Å². The predicted octanol–water partition coefficient (Wildman–Crippen LogP) is 1.99. The van der Waals surface area contributed by atoms with Gasteiger partial charge in [0.15, 0.2) is 0 Å². The average Bonchev–Trinajstić information content (AvgIpc) is 2.83. The molecule has 0 aliphatic carbocycles. The molecule has 2 aromatic rings. The number of aromatic nitrogens is 3. The Labute approximate surface area is 128 Å². The predicted molar refractivity (Wildman–Crippen MR) is 80.7 cm³/mol. The lowest BCUT2D eigenvalue weighted by Crippen LogP contribution is -2.22. The number of allylic oxidation sites excluding steroid dienone is 1. The number of aryl methyl sites for hydroxylation is 2. The topological polar surface area (TPSA) is 89.8 Å². The van der Waals surface area contributed by atoms with Gasteiger partial charge in [-0.05, 0) is 24.1 Å². The Morgan fingerprint density at radius 1 is 1.41 bits per heavy atom. The van der Waals surface area contributed by atoms with Gasteiger partial charge >= 0.3 is 0 Å². The third kappa shape index (κ3) is 2.11. The van der Waals surface area contributed by atoms with Crippen LogP contribution in [0.3, 0.4) is 0 Å². The number of fused-ring (bicyclic) bond motifs is 1. The molecule has 0 amide bonds. The van der Waals surface area contributed by atoms with E-state index in [9.17, 15) is 5.26 Å². The number of nitrogens with two attached hydrogens (primary N) is 1. The van der Waals surface area contributed by atoms with Crippen LogP contribution in [0.5, 0.6) is 5.88 Å². The summed E-state index contributed by atoms with van der Waals surface area (Å²) in [6.45, 7) is 2.10. The minimum Gasteiger partial charge on any atom is -0.422 e. The van der Waals surface area contributed by atoms with Crippen molar-refractivity contribution in [1.82, 2.24) is 14.8 Å². The maximum atomic E-state index is 9.54. The highest BCUT2D eigenvalue weighted by Gasteiger charge is 2.35. The van der Waals surface area contributed by atoms with Crippen LogP contribution in [0.25, 0.3) is 0 Å². The molecule has 0 aromatic carbocycles. The zero-order valence-corrected chi connectivity index (χ0v) is 12.6. The fraction of sp³-hybridized carbons (Fsp3) is 0.312. The number of hydrogen-bond donors (Lipinski definition) is 1. The Kier molecular flexibility index (Phi) is 3.55. The van der Waals surface area contributed by atoms with Crippen molar-refractivity contribution in [3.63, 3.8) is 0 Å². The van der Waals surface area contributed by atoms with E-state index in [0.717, 1.165) is 29.7 Å². The Morgan fingerprint density at radius 3 is 2.77 bits per heavy atom. The summed E-state index contributed by atoms with van der Waals surface area (Å²) >= 11 is 0. The summed E-state index contributed by atoms with van der Waals surface area (Å²) < 4.78 is 7.35.